The van der Waals surface area contributed by atoms with Crippen LogP contribution >= 0.6 is 0 Å². The Bertz CT molecular complexity index is 736. The van der Waals surface area contributed by atoms with Crippen molar-refractivity contribution < 1.29 is 4.79 Å². The summed E-state index contributed by atoms with van der Waals surface area (Å²) in [6, 6.07) is 18.4. The van der Waals surface area contributed by atoms with Crippen LogP contribution in [-0.2, 0) is 4.79 Å². The lowest BCUT2D eigenvalue weighted by atomic mass is 9.95. The predicted octanol–water partition coefficient (Wildman–Crippen LogP) is 3.51. The molecule has 2 aromatic rings. The lowest BCUT2D eigenvalue weighted by molar-refractivity contribution is -0.114. The van der Waals surface area contributed by atoms with Crippen LogP contribution in [0.4, 0.5) is 11.4 Å². The van der Waals surface area contributed by atoms with E-state index in [1.54, 1.807) is 0 Å². The Morgan fingerprint density at radius 3 is 2.52 bits per heavy atom. The number of hydrogen-bond donors (Lipinski definition) is 1. The average molecular weight is 276 g/mol. The molecule has 2 aliphatic rings. The summed E-state index contributed by atoms with van der Waals surface area (Å²) in [6.45, 7) is 1.89. The van der Waals surface area contributed by atoms with Gasteiger partial charge in [-0.1, -0.05) is 48.5 Å². The number of fused-ring (bicyclic) bond motifs is 3. The largest absolute Gasteiger partial charge is 0.374 e. The molecule has 0 saturated heterocycles. The number of carbonyl (C=O) groups is 1. The lowest BCUT2D eigenvalue weighted by Crippen LogP contribution is -2.44. The van der Waals surface area contributed by atoms with Gasteiger partial charge >= 0.3 is 0 Å². The number of rotatable bonds is 1. The maximum atomic E-state index is 12.5. The first-order valence-corrected chi connectivity index (χ1v) is 7.18. The third-order valence-electron chi connectivity index (χ3n) is 4.25. The van der Waals surface area contributed by atoms with Crippen molar-refractivity contribution in [2.24, 2.45) is 0 Å². The maximum Gasteiger partial charge on any atom is 0.254 e. The Morgan fingerprint density at radius 1 is 1.00 bits per heavy atom. The lowest BCUT2D eigenvalue weighted by Gasteiger charge is -2.39. The van der Waals surface area contributed by atoms with E-state index in [2.05, 4.69) is 23.5 Å². The standard InChI is InChI=1S/C18H16N2O/c1-12-11-16-17(13-7-3-2-4-8-13)19-14-9-5-6-10-15(14)20(16)18(12)21/h2-11,16-17,19H,1H3. The predicted molar refractivity (Wildman–Crippen MR) is 84.3 cm³/mol. The van der Waals surface area contributed by atoms with Crippen LogP contribution in [0, 0.1) is 0 Å². The summed E-state index contributed by atoms with van der Waals surface area (Å²) in [4.78, 5) is 14.4. The van der Waals surface area contributed by atoms with E-state index in [1.165, 1.54) is 5.56 Å². The van der Waals surface area contributed by atoms with Gasteiger partial charge in [0.15, 0.2) is 0 Å². The van der Waals surface area contributed by atoms with Crippen molar-refractivity contribution >= 4 is 17.3 Å². The fourth-order valence-corrected chi connectivity index (χ4v) is 3.24. The molecule has 2 unspecified atom stereocenters. The molecule has 0 saturated carbocycles. The second-order valence-electron chi connectivity index (χ2n) is 5.57. The van der Waals surface area contributed by atoms with Crippen LogP contribution in [-0.4, -0.2) is 11.9 Å². The minimum atomic E-state index is 0.0369. The summed E-state index contributed by atoms with van der Waals surface area (Å²) in [6.07, 6.45) is 2.07. The second kappa shape index (κ2) is 4.48. The van der Waals surface area contributed by atoms with Gasteiger partial charge in [0.1, 0.15) is 0 Å². The van der Waals surface area contributed by atoms with Crippen LogP contribution in [0.2, 0.25) is 0 Å². The summed E-state index contributed by atoms with van der Waals surface area (Å²) in [5.74, 6) is 0.106. The molecule has 2 aliphatic heterocycles. The number of benzene rings is 2. The first-order valence-electron chi connectivity index (χ1n) is 7.18. The molecule has 2 heterocycles. The third-order valence-corrected chi connectivity index (χ3v) is 4.25. The Hall–Kier alpha value is -2.55. The number of carbonyl (C=O) groups excluding carboxylic acids is 1. The van der Waals surface area contributed by atoms with E-state index in [-0.39, 0.29) is 18.0 Å². The van der Waals surface area contributed by atoms with Crippen LogP contribution in [0.5, 0.6) is 0 Å². The molecule has 4 rings (SSSR count). The monoisotopic (exact) mass is 276 g/mol. The molecular formula is C18H16N2O. The molecule has 0 fully saturated rings. The first-order chi connectivity index (χ1) is 10.3. The molecule has 3 heteroatoms. The molecule has 0 aromatic heterocycles. The number of nitrogens with one attached hydrogen (secondary N) is 1. The minimum Gasteiger partial charge on any atom is -0.374 e. The highest BCUT2D eigenvalue weighted by Gasteiger charge is 2.41. The van der Waals surface area contributed by atoms with Gasteiger partial charge in [0.25, 0.3) is 5.91 Å². The summed E-state index contributed by atoms with van der Waals surface area (Å²) in [5.41, 5.74) is 3.99. The molecule has 0 spiro atoms. The van der Waals surface area contributed by atoms with Crippen LogP contribution in [0.25, 0.3) is 0 Å². The SMILES string of the molecule is CC1=CC2C(c3ccccc3)Nc3ccccc3N2C1=O. The van der Waals surface area contributed by atoms with Gasteiger partial charge < -0.3 is 5.32 Å². The van der Waals surface area contributed by atoms with Crippen molar-refractivity contribution in [3.63, 3.8) is 0 Å². The van der Waals surface area contributed by atoms with E-state index < -0.39 is 0 Å². The van der Waals surface area contributed by atoms with Crippen molar-refractivity contribution in [1.82, 2.24) is 0 Å². The highest BCUT2D eigenvalue weighted by atomic mass is 16.2. The van der Waals surface area contributed by atoms with Gasteiger partial charge in [-0.2, -0.15) is 0 Å². The summed E-state index contributed by atoms with van der Waals surface area (Å²) >= 11 is 0. The quantitative estimate of drug-likeness (QED) is 0.864. The molecule has 0 aliphatic carbocycles. The van der Waals surface area contributed by atoms with Gasteiger partial charge in [0.05, 0.1) is 23.5 Å². The number of nitrogens with zero attached hydrogens (tertiary/aromatic N) is 1. The fourth-order valence-electron chi connectivity index (χ4n) is 3.24. The molecule has 1 N–H and O–H groups in total. The zero-order valence-electron chi connectivity index (χ0n) is 11.8. The summed E-state index contributed by atoms with van der Waals surface area (Å²) < 4.78 is 0. The number of anilines is 2. The Balaban J connectivity index is 1.86. The van der Waals surface area contributed by atoms with Gasteiger partial charge in [0, 0.05) is 5.57 Å². The van der Waals surface area contributed by atoms with Crippen LogP contribution in [0.3, 0.4) is 0 Å². The Kier molecular flexibility index (Phi) is 2.61. The zero-order chi connectivity index (χ0) is 14.4. The van der Waals surface area contributed by atoms with Crippen molar-refractivity contribution in [2.75, 3.05) is 10.2 Å². The van der Waals surface area contributed by atoms with E-state index in [4.69, 9.17) is 0 Å². The van der Waals surface area contributed by atoms with Gasteiger partial charge in [-0.3, -0.25) is 9.69 Å². The maximum absolute atomic E-state index is 12.5. The van der Waals surface area contributed by atoms with E-state index in [0.29, 0.717) is 0 Å². The Labute approximate surface area is 123 Å². The molecule has 0 radical (unpaired) electrons. The molecule has 21 heavy (non-hydrogen) atoms. The van der Waals surface area contributed by atoms with Gasteiger partial charge in [-0.25, -0.2) is 0 Å². The average Bonchev–Trinajstić information content (AvgIpc) is 2.83. The molecule has 2 atom stereocenters. The highest BCUT2D eigenvalue weighted by molar-refractivity contribution is 6.11. The van der Waals surface area contributed by atoms with E-state index in [1.807, 2.05) is 54.3 Å². The molecule has 1 amide bonds. The normalized spacial score (nSPS) is 23.2. The number of para-hydroxylation sites is 2. The smallest absolute Gasteiger partial charge is 0.254 e. The zero-order valence-corrected chi connectivity index (χ0v) is 11.8. The van der Waals surface area contributed by atoms with Crippen molar-refractivity contribution in [1.29, 1.82) is 0 Å². The van der Waals surface area contributed by atoms with Gasteiger partial charge in [-0.15, -0.1) is 0 Å². The molecule has 104 valence electrons. The number of amides is 1. The minimum absolute atomic E-state index is 0.0369. The van der Waals surface area contributed by atoms with Crippen LogP contribution in [0.15, 0.2) is 66.2 Å². The van der Waals surface area contributed by atoms with E-state index in [0.717, 1.165) is 16.9 Å². The first kappa shape index (κ1) is 12.2. The highest BCUT2D eigenvalue weighted by Crippen LogP contribution is 2.43. The van der Waals surface area contributed by atoms with Crippen LogP contribution in [0.1, 0.15) is 18.5 Å². The molecule has 3 nitrogen and oxygen atoms in total. The number of hydrogen-bond acceptors (Lipinski definition) is 2. The van der Waals surface area contributed by atoms with Crippen molar-refractivity contribution in [2.45, 2.75) is 19.0 Å². The van der Waals surface area contributed by atoms with Crippen molar-refractivity contribution in [3.8, 4) is 0 Å². The topological polar surface area (TPSA) is 32.3 Å². The Morgan fingerprint density at radius 2 is 1.71 bits per heavy atom. The van der Waals surface area contributed by atoms with E-state index in [9.17, 15) is 4.79 Å². The molecular weight excluding hydrogens is 260 g/mol. The summed E-state index contributed by atoms with van der Waals surface area (Å²) in [5, 5.41) is 3.59. The molecule has 2 aromatic carbocycles. The molecule has 0 bridgehead atoms. The van der Waals surface area contributed by atoms with E-state index >= 15 is 0 Å². The van der Waals surface area contributed by atoms with Crippen LogP contribution < -0.4 is 10.2 Å². The van der Waals surface area contributed by atoms with Gasteiger partial charge in [0.2, 0.25) is 0 Å². The summed E-state index contributed by atoms with van der Waals surface area (Å²) in [7, 11) is 0. The van der Waals surface area contributed by atoms with Gasteiger partial charge in [-0.05, 0) is 24.6 Å². The fraction of sp³-hybridized carbons (Fsp3) is 0.167. The second-order valence-corrected chi connectivity index (χ2v) is 5.57. The van der Waals surface area contributed by atoms with Crippen molar-refractivity contribution in [3.05, 3.63) is 71.8 Å². The third kappa shape index (κ3) is 1.77.